The number of hydrogen-bond acceptors (Lipinski definition) is 3. The van der Waals surface area contributed by atoms with Crippen LogP contribution in [0.25, 0.3) is 0 Å². The third-order valence-corrected chi connectivity index (χ3v) is 1.56. The standard InChI is InChI=1S/C10H12O3.Na.H/c1-2-7-13-10(12)8-5-3-4-6-9(8)11;;/h3-6,11H,2,7H2,1H3;;/q;+1;-1. The van der Waals surface area contributed by atoms with Gasteiger partial charge in [-0.15, -0.1) is 0 Å². The largest absolute Gasteiger partial charge is 1.00 e. The van der Waals surface area contributed by atoms with Crippen LogP contribution in [0.3, 0.4) is 0 Å². The van der Waals surface area contributed by atoms with E-state index < -0.39 is 5.97 Å². The zero-order chi connectivity index (χ0) is 9.68. The minimum absolute atomic E-state index is 0. The molecule has 1 aromatic rings. The van der Waals surface area contributed by atoms with Gasteiger partial charge in [0.05, 0.1) is 6.61 Å². The third kappa shape index (κ3) is 3.70. The van der Waals surface area contributed by atoms with E-state index in [1.807, 2.05) is 6.92 Å². The molecule has 0 aliphatic heterocycles. The summed E-state index contributed by atoms with van der Waals surface area (Å²) in [5, 5.41) is 9.28. The molecule has 14 heavy (non-hydrogen) atoms. The number of aromatic hydroxyl groups is 1. The SMILES string of the molecule is CCCOC(=O)c1ccccc1O.[H-].[Na+]. The quantitative estimate of drug-likeness (QED) is 0.511. The summed E-state index contributed by atoms with van der Waals surface area (Å²) in [7, 11) is 0. The Kier molecular flexibility index (Phi) is 6.62. The molecule has 0 atom stereocenters. The molecule has 0 aliphatic carbocycles. The maximum absolute atomic E-state index is 11.2. The Hall–Kier alpha value is -0.510. The summed E-state index contributed by atoms with van der Waals surface area (Å²) in [6.07, 6.45) is 0.777. The number of benzene rings is 1. The van der Waals surface area contributed by atoms with Gasteiger partial charge in [-0.3, -0.25) is 0 Å². The smallest absolute Gasteiger partial charge is 1.00 e. The molecule has 0 aromatic heterocycles. The Balaban J connectivity index is 0. The number of ether oxygens (including phenoxy) is 1. The van der Waals surface area contributed by atoms with Gasteiger partial charge in [0.15, 0.2) is 0 Å². The molecule has 0 aliphatic rings. The molecule has 3 nitrogen and oxygen atoms in total. The molecule has 4 heteroatoms. The van der Waals surface area contributed by atoms with Crippen LogP contribution in [0.15, 0.2) is 24.3 Å². The van der Waals surface area contributed by atoms with Gasteiger partial charge in [-0.1, -0.05) is 19.1 Å². The van der Waals surface area contributed by atoms with Gasteiger partial charge in [0.25, 0.3) is 0 Å². The Morgan fingerprint density at radius 3 is 2.71 bits per heavy atom. The van der Waals surface area contributed by atoms with Gasteiger partial charge in [-0.05, 0) is 18.6 Å². The van der Waals surface area contributed by atoms with E-state index in [1.165, 1.54) is 12.1 Å². The summed E-state index contributed by atoms with van der Waals surface area (Å²) in [4.78, 5) is 11.2. The summed E-state index contributed by atoms with van der Waals surface area (Å²) in [5.74, 6) is -0.511. The number of carbonyl (C=O) groups excluding carboxylic acids is 1. The Labute approximate surface area is 107 Å². The van der Waals surface area contributed by atoms with E-state index in [1.54, 1.807) is 12.1 Å². The first kappa shape index (κ1) is 13.5. The van der Waals surface area contributed by atoms with Gasteiger partial charge >= 0.3 is 35.5 Å². The molecule has 1 rings (SSSR count). The average molecular weight is 204 g/mol. The van der Waals surface area contributed by atoms with Gasteiger partial charge in [0.1, 0.15) is 11.3 Å². The Bertz CT molecular complexity index is 304. The van der Waals surface area contributed by atoms with Crippen molar-refractivity contribution in [3.05, 3.63) is 29.8 Å². The number of carbonyl (C=O) groups is 1. The molecular weight excluding hydrogens is 191 g/mol. The summed E-state index contributed by atoms with van der Waals surface area (Å²) in [6, 6.07) is 6.34. The van der Waals surface area contributed by atoms with Crippen molar-refractivity contribution in [1.82, 2.24) is 0 Å². The van der Waals surface area contributed by atoms with Crippen molar-refractivity contribution in [1.29, 1.82) is 0 Å². The van der Waals surface area contributed by atoms with Gasteiger partial charge < -0.3 is 11.3 Å². The number of phenols is 1. The number of hydrogen-bond donors (Lipinski definition) is 1. The van der Waals surface area contributed by atoms with Crippen LogP contribution in [0.2, 0.25) is 0 Å². The molecule has 0 heterocycles. The number of rotatable bonds is 3. The molecular formula is C10H13NaO3. The molecule has 0 fully saturated rings. The minimum Gasteiger partial charge on any atom is -1.00 e. The molecule has 1 N–H and O–H groups in total. The fourth-order valence-electron chi connectivity index (χ4n) is 0.919. The maximum atomic E-state index is 11.2. The second-order valence-corrected chi connectivity index (χ2v) is 2.65. The van der Waals surface area contributed by atoms with E-state index in [9.17, 15) is 9.90 Å². The number of para-hydroxylation sites is 1. The molecule has 0 amide bonds. The van der Waals surface area contributed by atoms with Crippen LogP contribution in [0.1, 0.15) is 25.1 Å². The zero-order valence-corrected chi connectivity index (χ0v) is 10.5. The van der Waals surface area contributed by atoms with Crippen LogP contribution in [0, 0.1) is 0 Å². The summed E-state index contributed by atoms with van der Waals surface area (Å²) in [6.45, 7) is 2.30. The van der Waals surface area contributed by atoms with Crippen LogP contribution in [-0.2, 0) is 4.74 Å². The van der Waals surface area contributed by atoms with Gasteiger partial charge in [-0.2, -0.15) is 0 Å². The van der Waals surface area contributed by atoms with Crippen molar-refractivity contribution in [3.63, 3.8) is 0 Å². The van der Waals surface area contributed by atoms with Crippen molar-refractivity contribution in [2.24, 2.45) is 0 Å². The third-order valence-electron chi connectivity index (χ3n) is 1.56. The molecule has 1 aromatic carbocycles. The van der Waals surface area contributed by atoms with Crippen LogP contribution in [-0.4, -0.2) is 17.7 Å². The topological polar surface area (TPSA) is 46.5 Å². The molecule has 72 valence electrons. The average Bonchev–Trinajstić information content (AvgIpc) is 2.15. The first-order chi connectivity index (χ1) is 6.25. The summed E-state index contributed by atoms with van der Waals surface area (Å²) in [5.41, 5.74) is 0.218. The van der Waals surface area contributed by atoms with Crippen LogP contribution in [0.5, 0.6) is 5.75 Å². The maximum Gasteiger partial charge on any atom is 1.00 e. The first-order valence-electron chi connectivity index (χ1n) is 4.20. The fraction of sp³-hybridized carbons (Fsp3) is 0.300. The molecule has 0 unspecified atom stereocenters. The molecule has 0 saturated carbocycles. The van der Waals surface area contributed by atoms with Crippen molar-refractivity contribution in [3.8, 4) is 5.75 Å². The van der Waals surface area contributed by atoms with E-state index in [0.717, 1.165) is 6.42 Å². The van der Waals surface area contributed by atoms with E-state index in [0.29, 0.717) is 6.61 Å². The molecule has 0 bridgehead atoms. The predicted octanol–water partition coefficient (Wildman–Crippen LogP) is -0.924. The van der Waals surface area contributed by atoms with E-state index in [4.69, 9.17) is 4.74 Å². The van der Waals surface area contributed by atoms with E-state index >= 15 is 0 Å². The molecule has 0 spiro atoms. The first-order valence-corrected chi connectivity index (χ1v) is 4.20. The minimum atomic E-state index is -0.472. The molecule has 0 radical (unpaired) electrons. The summed E-state index contributed by atoms with van der Waals surface area (Å²) >= 11 is 0. The van der Waals surface area contributed by atoms with Crippen molar-refractivity contribution in [2.75, 3.05) is 6.61 Å². The van der Waals surface area contributed by atoms with Crippen molar-refractivity contribution in [2.45, 2.75) is 13.3 Å². The van der Waals surface area contributed by atoms with Crippen LogP contribution >= 0.6 is 0 Å². The number of esters is 1. The van der Waals surface area contributed by atoms with Gasteiger partial charge in [0, 0.05) is 0 Å². The van der Waals surface area contributed by atoms with E-state index in [-0.39, 0.29) is 42.3 Å². The van der Waals surface area contributed by atoms with Gasteiger partial charge in [-0.25, -0.2) is 4.79 Å². The zero-order valence-electron chi connectivity index (χ0n) is 9.49. The fourth-order valence-corrected chi connectivity index (χ4v) is 0.919. The Morgan fingerprint density at radius 1 is 1.50 bits per heavy atom. The number of phenolic OH excluding ortho intramolecular Hbond substituents is 1. The monoisotopic (exact) mass is 204 g/mol. The van der Waals surface area contributed by atoms with E-state index in [2.05, 4.69) is 0 Å². The van der Waals surface area contributed by atoms with Crippen molar-refractivity contribution < 1.29 is 45.6 Å². The van der Waals surface area contributed by atoms with Gasteiger partial charge in [0.2, 0.25) is 0 Å². The molecule has 0 saturated heterocycles. The second kappa shape index (κ2) is 6.87. The van der Waals surface area contributed by atoms with Crippen LogP contribution in [0.4, 0.5) is 0 Å². The predicted molar refractivity (Wildman–Crippen MR) is 49.8 cm³/mol. The second-order valence-electron chi connectivity index (χ2n) is 2.65. The summed E-state index contributed by atoms with van der Waals surface area (Å²) < 4.78 is 4.86. The van der Waals surface area contributed by atoms with Crippen LogP contribution < -0.4 is 29.6 Å². The van der Waals surface area contributed by atoms with Crippen molar-refractivity contribution >= 4 is 5.97 Å². The normalized spacial score (nSPS) is 8.93. The Morgan fingerprint density at radius 2 is 2.14 bits per heavy atom.